The number of hydrogen-bond acceptors (Lipinski definition) is 5. The van der Waals surface area contributed by atoms with Crippen molar-refractivity contribution in [3.8, 4) is 0 Å². The van der Waals surface area contributed by atoms with Gasteiger partial charge in [-0.2, -0.15) is 5.10 Å². The van der Waals surface area contributed by atoms with Crippen LogP contribution >= 0.6 is 11.6 Å². The van der Waals surface area contributed by atoms with Crippen molar-refractivity contribution in [3.63, 3.8) is 0 Å². The first kappa shape index (κ1) is 22.1. The summed E-state index contributed by atoms with van der Waals surface area (Å²) in [5, 5.41) is 8.71. The zero-order valence-electron chi connectivity index (χ0n) is 16.2. The van der Waals surface area contributed by atoms with E-state index in [2.05, 4.69) is 15.5 Å². The molecule has 1 fully saturated rings. The number of H-pyrrole nitrogens is 1. The third-order valence-electron chi connectivity index (χ3n) is 4.73. The Morgan fingerprint density at radius 1 is 1.30 bits per heavy atom. The molecule has 0 spiro atoms. The van der Waals surface area contributed by atoms with Crippen LogP contribution in [0.1, 0.15) is 33.7 Å². The second-order valence-electron chi connectivity index (χ2n) is 6.70. The maximum absolute atomic E-state index is 13.4. The number of ether oxygens (including phenoxy) is 2. The highest BCUT2D eigenvalue weighted by Crippen LogP contribution is 2.22. The minimum absolute atomic E-state index is 0.00265. The minimum Gasteiger partial charge on any atom is -0.383 e. The highest BCUT2D eigenvalue weighted by Gasteiger charge is 2.28. The van der Waals surface area contributed by atoms with Gasteiger partial charge in [-0.05, 0) is 25.0 Å². The van der Waals surface area contributed by atoms with Crippen molar-refractivity contribution in [2.24, 2.45) is 0 Å². The van der Waals surface area contributed by atoms with E-state index in [1.54, 1.807) is 12.0 Å². The van der Waals surface area contributed by atoms with Crippen LogP contribution in [-0.4, -0.2) is 66.4 Å². The van der Waals surface area contributed by atoms with Gasteiger partial charge in [-0.15, -0.1) is 0 Å². The van der Waals surface area contributed by atoms with Crippen molar-refractivity contribution in [1.82, 2.24) is 15.1 Å². The lowest BCUT2D eigenvalue weighted by atomic mass is 10.1. The first-order valence-electron chi connectivity index (χ1n) is 9.29. The standard InChI is InChI=1S/C19H21ClF2N4O4/c1-29-7-4-26(11-2-5-30-6-3-11)19(28)16-10-17(25-24-16)23-18(27)12-8-14(21)15(22)9-13(12)20/h8-11H,2-7H2,1H3,(H2,23,24,25,27). The van der Waals surface area contributed by atoms with Crippen molar-refractivity contribution in [2.45, 2.75) is 18.9 Å². The fraction of sp³-hybridized carbons (Fsp3) is 0.421. The van der Waals surface area contributed by atoms with Gasteiger partial charge in [-0.25, -0.2) is 8.78 Å². The maximum Gasteiger partial charge on any atom is 0.274 e. The monoisotopic (exact) mass is 442 g/mol. The smallest absolute Gasteiger partial charge is 0.274 e. The predicted molar refractivity (Wildman–Crippen MR) is 105 cm³/mol. The number of aromatic amines is 1. The van der Waals surface area contributed by atoms with E-state index in [-0.39, 0.29) is 34.0 Å². The summed E-state index contributed by atoms with van der Waals surface area (Å²) in [6.45, 7) is 1.89. The van der Waals surface area contributed by atoms with Gasteiger partial charge < -0.3 is 19.7 Å². The van der Waals surface area contributed by atoms with Crippen LogP contribution in [0.4, 0.5) is 14.6 Å². The molecule has 1 aromatic carbocycles. The summed E-state index contributed by atoms with van der Waals surface area (Å²) < 4.78 is 37.1. The van der Waals surface area contributed by atoms with E-state index in [0.29, 0.717) is 45.3 Å². The maximum atomic E-state index is 13.4. The Hall–Kier alpha value is -2.56. The number of benzene rings is 1. The molecule has 8 nitrogen and oxygen atoms in total. The average molecular weight is 443 g/mol. The van der Waals surface area contributed by atoms with Crippen LogP contribution in [0.2, 0.25) is 5.02 Å². The molecule has 2 amide bonds. The molecule has 3 rings (SSSR count). The topological polar surface area (TPSA) is 96.6 Å². The molecule has 0 radical (unpaired) electrons. The Labute approximate surface area is 176 Å². The summed E-state index contributed by atoms with van der Waals surface area (Å²) in [5.74, 6) is -3.34. The number of methoxy groups -OCH3 is 1. The van der Waals surface area contributed by atoms with Crippen molar-refractivity contribution in [2.75, 3.05) is 38.8 Å². The molecule has 30 heavy (non-hydrogen) atoms. The molecular weight excluding hydrogens is 422 g/mol. The molecule has 0 bridgehead atoms. The molecule has 0 unspecified atom stereocenters. The third kappa shape index (κ3) is 5.13. The van der Waals surface area contributed by atoms with Gasteiger partial charge in [-0.3, -0.25) is 14.7 Å². The number of amides is 2. The fourth-order valence-corrected chi connectivity index (χ4v) is 3.40. The predicted octanol–water partition coefficient (Wildman–Crippen LogP) is 2.86. The van der Waals surface area contributed by atoms with E-state index in [9.17, 15) is 18.4 Å². The lowest BCUT2D eigenvalue weighted by Crippen LogP contribution is -2.45. The summed E-state index contributed by atoms with van der Waals surface area (Å²) in [5.41, 5.74) is -0.147. The summed E-state index contributed by atoms with van der Waals surface area (Å²) in [7, 11) is 1.55. The van der Waals surface area contributed by atoms with E-state index < -0.39 is 17.5 Å². The number of rotatable bonds is 7. The SMILES string of the molecule is COCCN(C(=O)c1cc(NC(=O)c2cc(F)c(F)cc2Cl)[nH]n1)C1CCOCC1. The van der Waals surface area contributed by atoms with E-state index >= 15 is 0 Å². The molecule has 1 aliphatic heterocycles. The van der Waals surface area contributed by atoms with E-state index in [1.807, 2.05) is 0 Å². The quantitative estimate of drug-likeness (QED) is 0.643. The zero-order valence-corrected chi connectivity index (χ0v) is 17.0. The number of hydrogen-bond donors (Lipinski definition) is 2. The first-order chi connectivity index (χ1) is 14.4. The molecule has 0 aliphatic carbocycles. The molecule has 2 aromatic rings. The molecular formula is C19H21ClF2N4O4. The molecule has 11 heteroatoms. The van der Waals surface area contributed by atoms with Gasteiger partial charge in [0, 0.05) is 39.0 Å². The minimum atomic E-state index is -1.20. The van der Waals surface area contributed by atoms with Gasteiger partial charge in [0.25, 0.3) is 11.8 Å². The van der Waals surface area contributed by atoms with Gasteiger partial charge >= 0.3 is 0 Å². The molecule has 2 heterocycles. The third-order valence-corrected chi connectivity index (χ3v) is 5.04. The van der Waals surface area contributed by atoms with Crippen LogP contribution in [0.5, 0.6) is 0 Å². The Bertz CT molecular complexity index is 918. The van der Waals surface area contributed by atoms with Crippen molar-refractivity contribution >= 4 is 29.2 Å². The van der Waals surface area contributed by atoms with Crippen LogP contribution in [0.25, 0.3) is 0 Å². The highest BCUT2D eigenvalue weighted by atomic mass is 35.5. The number of halogens is 3. The van der Waals surface area contributed by atoms with E-state index in [1.165, 1.54) is 6.07 Å². The summed E-state index contributed by atoms with van der Waals surface area (Å²) >= 11 is 5.82. The second-order valence-corrected chi connectivity index (χ2v) is 7.11. The lowest BCUT2D eigenvalue weighted by Gasteiger charge is -2.33. The Kier molecular flexibility index (Phi) is 7.35. The Balaban J connectivity index is 1.73. The Morgan fingerprint density at radius 3 is 2.70 bits per heavy atom. The van der Waals surface area contributed by atoms with E-state index in [4.69, 9.17) is 21.1 Å². The van der Waals surface area contributed by atoms with Crippen LogP contribution in [-0.2, 0) is 9.47 Å². The van der Waals surface area contributed by atoms with Gasteiger partial charge in [0.05, 0.1) is 17.2 Å². The van der Waals surface area contributed by atoms with Crippen LogP contribution in [0.15, 0.2) is 18.2 Å². The van der Waals surface area contributed by atoms with Gasteiger partial charge in [0.15, 0.2) is 17.3 Å². The highest BCUT2D eigenvalue weighted by molar-refractivity contribution is 6.34. The molecule has 2 N–H and O–H groups in total. The lowest BCUT2D eigenvalue weighted by molar-refractivity contribution is 0.0218. The molecule has 1 saturated heterocycles. The number of carbonyl (C=O) groups is 2. The summed E-state index contributed by atoms with van der Waals surface area (Å²) in [6, 6.07) is 2.78. The van der Waals surface area contributed by atoms with Gasteiger partial charge in [0.1, 0.15) is 5.82 Å². The van der Waals surface area contributed by atoms with Crippen molar-refractivity contribution in [1.29, 1.82) is 0 Å². The number of carbonyl (C=O) groups excluding carboxylic acids is 2. The van der Waals surface area contributed by atoms with Gasteiger partial charge in [0.2, 0.25) is 0 Å². The number of nitrogens with zero attached hydrogens (tertiary/aromatic N) is 2. The number of nitrogens with one attached hydrogen (secondary N) is 2. The number of aromatic nitrogens is 2. The van der Waals surface area contributed by atoms with Crippen LogP contribution < -0.4 is 5.32 Å². The molecule has 162 valence electrons. The van der Waals surface area contributed by atoms with Crippen molar-refractivity contribution < 1.29 is 27.8 Å². The Morgan fingerprint density at radius 2 is 2.00 bits per heavy atom. The zero-order chi connectivity index (χ0) is 21.7. The number of anilines is 1. The largest absolute Gasteiger partial charge is 0.383 e. The molecule has 0 saturated carbocycles. The molecule has 0 atom stereocenters. The summed E-state index contributed by atoms with van der Waals surface area (Å²) in [6.07, 6.45) is 1.41. The fourth-order valence-electron chi connectivity index (χ4n) is 3.17. The average Bonchev–Trinajstić information content (AvgIpc) is 3.20. The first-order valence-corrected chi connectivity index (χ1v) is 9.67. The van der Waals surface area contributed by atoms with Gasteiger partial charge in [-0.1, -0.05) is 11.6 Å². The normalized spacial score (nSPS) is 14.5. The second kappa shape index (κ2) is 9.96. The summed E-state index contributed by atoms with van der Waals surface area (Å²) in [4.78, 5) is 27.0. The molecule has 1 aromatic heterocycles. The van der Waals surface area contributed by atoms with Crippen LogP contribution in [0.3, 0.4) is 0 Å². The van der Waals surface area contributed by atoms with Crippen molar-refractivity contribution in [3.05, 3.63) is 46.1 Å². The van der Waals surface area contributed by atoms with Crippen LogP contribution in [0, 0.1) is 11.6 Å². The van der Waals surface area contributed by atoms with E-state index in [0.717, 1.165) is 6.07 Å². The molecule has 1 aliphatic rings.